The molecule has 1 fully saturated rings. The van der Waals surface area contributed by atoms with Gasteiger partial charge in [-0.3, -0.25) is 13.9 Å². The highest BCUT2D eigenvalue weighted by atomic mass is 32.2. The van der Waals surface area contributed by atoms with E-state index in [1.807, 2.05) is 38.1 Å². The predicted molar refractivity (Wildman–Crippen MR) is 146 cm³/mol. The number of anilines is 1. The highest BCUT2D eigenvalue weighted by molar-refractivity contribution is 7.92. The van der Waals surface area contributed by atoms with Gasteiger partial charge in [-0.2, -0.15) is 0 Å². The summed E-state index contributed by atoms with van der Waals surface area (Å²) < 4.78 is 32.1. The van der Waals surface area contributed by atoms with E-state index in [4.69, 9.17) is 4.74 Å². The number of methoxy groups -OCH3 is 1. The van der Waals surface area contributed by atoms with Crippen LogP contribution in [0.3, 0.4) is 0 Å². The molecule has 0 bridgehead atoms. The number of nitrogens with one attached hydrogen (secondary N) is 1. The van der Waals surface area contributed by atoms with Crippen molar-refractivity contribution in [2.24, 2.45) is 0 Å². The lowest BCUT2D eigenvalue weighted by Crippen LogP contribution is -2.53. The van der Waals surface area contributed by atoms with Gasteiger partial charge >= 0.3 is 0 Å². The van der Waals surface area contributed by atoms with Crippen LogP contribution in [0.2, 0.25) is 0 Å². The molecule has 0 radical (unpaired) electrons. The van der Waals surface area contributed by atoms with Gasteiger partial charge in [-0.15, -0.1) is 0 Å². The quantitative estimate of drug-likeness (QED) is 0.503. The van der Waals surface area contributed by atoms with Crippen molar-refractivity contribution >= 4 is 27.5 Å². The van der Waals surface area contributed by atoms with Crippen LogP contribution in [0, 0.1) is 13.8 Å². The second-order valence-electron chi connectivity index (χ2n) is 9.88. The van der Waals surface area contributed by atoms with Gasteiger partial charge in [0.2, 0.25) is 21.8 Å². The van der Waals surface area contributed by atoms with E-state index in [1.54, 1.807) is 32.2 Å². The standard InChI is InChI=1S/C28H39N3O5S/c1-20-11-9-16-26(21(20)2)31(37(5,34)35)19-27(32)30(18-23-12-10-15-25(17-23)36-4)22(3)28(33)29-24-13-7-6-8-14-24/h9-12,15-17,22,24H,6-8,13-14,18-19H2,1-5H3,(H,29,33)/t22-/m0/s1. The van der Waals surface area contributed by atoms with E-state index in [0.717, 1.165) is 52.9 Å². The molecular formula is C28H39N3O5S. The summed E-state index contributed by atoms with van der Waals surface area (Å²) in [4.78, 5) is 28.5. The minimum absolute atomic E-state index is 0.0972. The molecule has 1 N–H and O–H groups in total. The van der Waals surface area contributed by atoms with Crippen molar-refractivity contribution in [2.45, 2.75) is 71.5 Å². The van der Waals surface area contributed by atoms with E-state index in [0.29, 0.717) is 11.4 Å². The first-order valence-electron chi connectivity index (χ1n) is 12.8. The topological polar surface area (TPSA) is 96.0 Å². The van der Waals surface area contributed by atoms with Crippen molar-refractivity contribution in [2.75, 3.05) is 24.2 Å². The molecule has 0 spiro atoms. The molecule has 2 amide bonds. The molecule has 9 heteroatoms. The number of hydrogen-bond donors (Lipinski definition) is 1. The first-order valence-corrected chi connectivity index (χ1v) is 14.6. The predicted octanol–water partition coefficient (Wildman–Crippen LogP) is 3.94. The van der Waals surface area contributed by atoms with Crippen LogP contribution < -0.4 is 14.4 Å². The fraction of sp³-hybridized carbons (Fsp3) is 0.500. The van der Waals surface area contributed by atoms with Crippen LogP contribution in [0.15, 0.2) is 42.5 Å². The Morgan fingerprint density at radius 3 is 2.41 bits per heavy atom. The van der Waals surface area contributed by atoms with Gasteiger partial charge in [0, 0.05) is 12.6 Å². The van der Waals surface area contributed by atoms with Crippen LogP contribution in [-0.4, -0.2) is 57.1 Å². The number of benzene rings is 2. The van der Waals surface area contributed by atoms with Crippen LogP contribution in [0.1, 0.15) is 55.7 Å². The first-order chi connectivity index (χ1) is 17.5. The number of rotatable bonds is 10. The Hall–Kier alpha value is -3.07. The third-order valence-electron chi connectivity index (χ3n) is 7.13. The molecule has 2 aromatic carbocycles. The average molecular weight is 530 g/mol. The number of ether oxygens (including phenoxy) is 1. The van der Waals surface area contributed by atoms with Gasteiger partial charge in [-0.25, -0.2) is 8.42 Å². The summed E-state index contributed by atoms with van der Waals surface area (Å²) in [6, 6.07) is 12.0. The number of sulfonamides is 1. The minimum atomic E-state index is -3.77. The smallest absolute Gasteiger partial charge is 0.244 e. The zero-order chi connectivity index (χ0) is 27.2. The van der Waals surface area contributed by atoms with Gasteiger partial charge in [0.1, 0.15) is 18.3 Å². The second-order valence-corrected chi connectivity index (χ2v) is 11.8. The van der Waals surface area contributed by atoms with Crippen LogP contribution in [-0.2, 0) is 26.2 Å². The summed E-state index contributed by atoms with van der Waals surface area (Å²) >= 11 is 0. The number of carbonyl (C=O) groups excluding carboxylic acids is 2. The third kappa shape index (κ3) is 7.47. The van der Waals surface area contributed by atoms with E-state index in [2.05, 4.69) is 5.32 Å². The first kappa shape index (κ1) is 28.5. The third-order valence-corrected chi connectivity index (χ3v) is 8.26. The summed E-state index contributed by atoms with van der Waals surface area (Å²) in [5, 5.41) is 3.10. The molecule has 1 aliphatic carbocycles. The summed E-state index contributed by atoms with van der Waals surface area (Å²) in [5.74, 6) is -0.0569. The molecule has 202 valence electrons. The Labute approximate surface area is 221 Å². The lowest BCUT2D eigenvalue weighted by Gasteiger charge is -2.33. The monoisotopic (exact) mass is 529 g/mol. The molecule has 37 heavy (non-hydrogen) atoms. The molecule has 0 saturated heterocycles. The number of hydrogen-bond acceptors (Lipinski definition) is 5. The molecule has 0 aromatic heterocycles. The number of aryl methyl sites for hydroxylation is 1. The number of nitrogens with zero attached hydrogens (tertiary/aromatic N) is 2. The van der Waals surface area contributed by atoms with Gasteiger partial charge in [0.25, 0.3) is 0 Å². The fourth-order valence-corrected chi connectivity index (χ4v) is 5.62. The zero-order valence-corrected chi connectivity index (χ0v) is 23.3. The molecule has 8 nitrogen and oxygen atoms in total. The van der Waals surface area contributed by atoms with Crippen LogP contribution >= 0.6 is 0 Å². The fourth-order valence-electron chi connectivity index (χ4n) is 4.72. The summed E-state index contributed by atoms with van der Waals surface area (Å²) in [6.07, 6.45) is 6.26. The van der Waals surface area contributed by atoms with Gasteiger partial charge in [0.05, 0.1) is 19.1 Å². The molecule has 3 rings (SSSR count). The number of carbonyl (C=O) groups is 2. The molecule has 2 aromatic rings. The maximum Gasteiger partial charge on any atom is 0.244 e. The van der Waals surface area contributed by atoms with E-state index < -0.39 is 28.5 Å². The van der Waals surface area contributed by atoms with Crippen molar-refractivity contribution in [1.82, 2.24) is 10.2 Å². The Bertz CT molecular complexity index is 1210. The Balaban J connectivity index is 1.91. The molecule has 1 aliphatic rings. The van der Waals surface area contributed by atoms with Gasteiger partial charge in [-0.1, -0.05) is 43.5 Å². The lowest BCUT2D eigenvalue weighted by atomic mass is 9.95. The maximum absolute atomic E-state index is 13.8. The highest BCUT2D eigenvalue weighted by Gasteiger charge is 2.31. The van der Waals surface area contributed by atoms with E-state index >= 15 is 0 Å². The van der Waals surface area contributed by atoms with Crippen LogP contribution in [0.25, 0.3) is 0 Å². The second kappa shape index (κ2) is 12.4. The van der Waals surface area contributed by atoms with Gasteiger partial charge < -0.3 is 15.0 Å². The van der Waals surface area contributed by atoms with Crippen molar-refractivity contribution in [3.8, 4) is 5.75 Å². The zero-order valence-electron chi connectivity index (χ0n) is 22.5. The summed E-state index contributed by atoms with van der Waals surface area (Å²) in [6.45, 7) is 5.15. The van der Waals surface area contributed by atoms with E-state index in [-0.39, 0.29) is 18.5 Å². The SMILES string of the molecule is COc1cccc(CN(C(=O)CN(c2cccc(C)c2C)S(C)(=O)=O)[C@@H](C)C(=O)NC2CCCCC2)c1. The lowest BCUT2D eigenvalue weighted by molar-refractivity contribution is -0.139. The molecule has 1 atom stereocenters. The van der Waals surface area contributed by atoms with E-state index in [1.165, 1.54) is 11.3 Å². The molecule has 0 aliphatic heterocycles. The molecule has 0 unspecified atom stereocenters. The molecule has 1 saturated carbocycles. The molecular weight excluding hydrogens is 490 g/mol. The average Bonchev–Trinajstić information content (AvgIpc) is 2.87. The highest BCUT2D eigenvalue weighted by Crippen LogP contribution is 2.26. The van der Waals surface area contributed by atoms with Crippen molar-refractivity contribution < 1.29 is 22.7 Å². The maximum atomic E-state index is 13.8. The van der Waals surface area contributed by atoms with Crippen molar-refractivity contribution in [3.05, 3.63) is 59.2 Å². The molecule has 0 heterocycles. The van der Waals surface area contributed by atoms with Crippen molar-refractivity contribution in [3.63, 3.8) is 0 Å². The van der Waals surface area contributed by atoms with Gasteiger partial charge in [0.15, 0.2) is 0 Å². The van der Waals surface area contributed by atoms with Crippen LogP contribution in [0.5, 0.6) is 5.75 Å². The summed E-state index contributed by atoms with van der Waals surface area (Å²) in [5.41, 5.74) is 2.94. The summed E-state index contributed by atoms with van der Waals surface area (Å²) in [7, 11) is -2.21. The Kier molecular flexibility index (Phi) is 9.59. The van der Waals surface area contributed by atoms with Crippen molar-refractivity contribution in [1.29, 1.82) is 0 Å². The van der Waals surface area contributed by atoms with Crippen LogP contribution in [0.4, 0.5) is 5.69 Å². The normalized spacial score (nSPS) is 15.1. The van der Waals surface area contributed by atoms with E-state index in [9.17, 15) is 18.0 Å². The Morgan fingerprint density at radius 1 is 1.08 bits per heavy atom. The number of amides is 2. The van der Waals surface area contributed by atoms with Gasteiger partial charge in [-0.05, 0) is 68.5 Å². The largest absolute Gasteiger partial charge is 0.497 e. The minimum Gasteiger partial charge on any atom is -0.497 e. The Morgan fingerprint density at radius 2 is 1.76 bits per heavy atom.